The predicted octanol–water partition coefficient (Wildman–Crippen LogP) is 0.814. The molecule has 0 unspecified atom stereocenters. The monoisotopic (exact) mass is 194 g/mol. The van der Waals surface area contributed by atoms with Gasteiger partial charge in [-0.25, -0.2) is 0 Å². The second-order valence-electron chi connectivity index (χ2n) is 4.90. The van der Waals surface area contributed by atoms with Crippen LogP contribution >= 0.6 is 0 Å². The lowest BCUT2D eigenvalue weighted by Crippen LogP contribution is -2.36. The number of ether oxygens (including phenoxy) is 1. The van der Waals surface area contributed by atoms with Crippen LogP contribution in [0.4, 0.5) is 0 Å². The molecule has 0 aromatic carbocycles. The van der Waals surface area contributed by atoms with Crippen LogP contribution in [0, 0.1) is 23.7 Å². The molecule has 3 fully saturated rings. The van der Waals surface area contributed by atoms with Gasteiger partial charge >= 0.3 is 0 Å². The molecule has 1 aliphatic heterocycles. The van der Waals surface area contributed by atoms with Crippen LogP contribution in [0.3, 0.4) is 0 Å². The van der Waals surface area contributed by atoms with Crippen LogP contribution < -0.4 is 0 Å². The summed E-state index contributed by atoms with van der Waals surface area (Å²) in [6.45, 7) is 3.22. The van der Waals surface area contributed by atoms with Gasteiger partial charge in [-0.1, -0.05) is 0 Å². The third-order valence-corrected chi connectivity index (χ3v) is 4.20. The van der Waals surface area contributed by atoms with Gasteiger partial charge in [-0.15, -0.1) is 0 Å². The average Bonchev–Trinajstić information content (AvgIpc) is 2.71. The Morgan fingerprint density at radius 3 is 1.79 bits per heavy atom. The third-order valence-electron chi connectivity index (χ3n) is 4.20. The zero-order chi connectivity index (χ0) is 10.0. The molecule has 2 bridgehead atoms. The van der Waals surface area contributed by atoms with Crippen LogP contribution in [-0.4, -0.2) is 23.8 Å². The topological polar surface area (TPSA) is 46.7 Å². The molecule has 0 aromatic heterocycles. The highest BCUT2D eigenvalue weighted by Gasteiger charge is 2.68. The predicted molar refractivity (Wildman–Crippen MR) is 48.6 cm³/mol. The molecule has 3 aliphatic rings. The molecule has 14 heavy (non-hydrogen) atoms. The van der Waals surface area contributed by atoms with Gasteiger partial charge in [0.15, 0.2) is 0 Å². The van der Waals surface area contributed by atoms with E-state index in [9.17, 15) is 9.59 Å². The van der Waals surface area contributed by atoms with Crippen molar-refractivity contribution in [3.63, 3.8) is 0 Å². The van der Waals surface area contributed by atoms with Crippen LogP contribution in [0.1, 0.15) is 20.3 Å². The Morgan fingerprint density at radius 2 is 1.43 bits per heavy atom. The number of carbonyl (C=O) groups excluding carboxylic acids is 2. The van der Waals surface area contributed by atoms with Crippen molar-refractivity contribution >= 4 is 11.6 Å². The van der Waals surface area contributed by atoms with Gasteiger partial charge in [0.05, 0.1) is 12.2 Å². The first kappa shape index (κ1) is 8.60. The third kappa shape index (κ3) is 0.862. The highest BCUT2D eigenvalue weighted by molar-refractivity contribution is 5.89. The first-order valence-corrected chi connectivity index (χ1v) is 5.27. The van der Waals surface area contributed by atoms with Gasteiger partial charge in [-0.3, -0.25) is 9.59 Å². The van der Waals surface area contributed by atoms with Crippen molar-refractivity contribution in [2.75, 3.05) is 0 Å². The molecular formula is C11H14O3. The van der Waals surface area contributed by atoms with Gasteiger partial charge in [0, 0.05) is 11.8 Å². The number of Topliss-reactive ketones (excluding diaryl/α,β-unsaturated/α-hetero) is 2. The highest BCUT2D eigenvalue weighted by atomic mass is 16.6. The van der Waals surface area contributed by atoms with Gasteiger partial charge in [0.2, 0.25) is 0 Å². The van der Waals surface area contributed by atoms with E-state index in [2.05, 4.69) is 0 Å². The quantitative estimate of drug-likeness (QED) is 0.611. The second kappa shape index (κ2) is 2.45. The van der Waals surface area contributed by atoms with Crippen LogP contribution in [-0.2, 0) is 14.3 Å². The Kier molecular flexibility index (Phi) is 1.51. The minimum Gasteiger partial charge on any atom is -0.369 e. The van der Waals surface area contributed by atoms with Gasteiger partial charge in [0.1, 0.15) is 11.6 Å². The van der Waals surface area contributed by atoms with E-state index in [0.29, 0.717) is 24.0 Å². The molecule has 3 rings (SSSR count). The maximum absolute atomic E-state index is 11.5. The van der Waals surface area contributed by atoms with Crippen molar-refractivity contribution in [1.29, 1.82) is 0 Å². The largest absolute Gasteiger partial charge is 0.369 e. The summed E-state index contributed by atoms with van der Waals surface area (Å²) in [5.41, 5.74) is 0. The maximum atomic E-state index is 11.5. The molecule has 0 spiro atoms. The molecule has 6 atom stereocenters. The molecule has 0 N–H and O–H groups in total. The number of ketones is 2. The summed E-state index contributed by atoms with van der Waals surface area (Å²) in [5, 5.41) is 0. The lowest BCUT2D eigenvalue weighted by Gasteiger charge is -2.24. The second-order valence-corrected chi connectivity index (χ2v) is 4.90. The first-order chi connectivity index (χ1) is 6.61. The lowest BCUT2D eigenvalue weighted by atomic mass is 9.75. The van der Waals surface area contributed by atoms with Crippen LogP contribution in [0.25, 0.3) is 0 Å². The zero-order valence-electron chi connectivity index (χ0n) is 8.40. The summed E-state index contributed by atoms with van der Waals surface area (Å²) in [6.07, 6.45) is 1.65. The van der Waals surface area contributed by atoms with E-state index in [-0.39, 0.29) is 23.4 Å². The summed E-state index contributed by atoms with van der Waals surface area (Å²) < 4.78 is 5.50. The molecule has 76 valence electrons. The number of hydrogen-bond acceptors (Lipinski definition) is 3. The van der Waals surface area contributed by atoms with Gasteiger partial charge in [-0.2, -0.15) is 0 Å². The fourth-order valence-corrected chi connectivity index (χ4v) is 3.75. The Morgan fingerprint density at radius 1 is 1.00 bits per heavy atom. The average molecular weight is 194 g/mol. The Hall–Kier alpha value is -0.700. The minimum absolute atomic E-state index is 0.0405. The minimum atomic E-state index is -0.0405. The van der Waals surface area contributed by atoms with E-state index in [4.69, 9.17) is 4.74 Å². The molecule has 3 heteroatoms. The summed E-state index contributed by atoms with van der Waals surface area (Å²) in [4.78, 5) is 23.0. The van der Waals surface area contributed by atoms with Crippen molar-refractivity contribution in [3.8, 4) is 0 Å². The number of epoxide rings is 1. The van der Waals surface area contributed by atoms with Crippen molar-refractivity contribution in [3.05, 3.63) is 0 Å². The van der Waals surface area contributed by atoms with Crippen molar-refractivity contribution in [1.82, 2.24) is 0 Å². The molecule has 1 saturated heterocycles. The summed E-state index contributed by atoms with van der Waals surface area (Å²) >= 11 is 0. The fourth-order valence-electron chi connectivity index (χ4n) is 3.75. The lowest BCUT2D eigenvalue weighted by molar-refractivity contribution is -0.131. The number of rotatable bonds is 2. The number of fused-ring (bicyclic) bond motifs is 5. The Bertz CT molecular complexity index is 292. The van der Waals surface area contributed by atoms with Crippen molar-refractivity contribution < 1.29 is 14.3 Å². The van der Waals surface area contributed by atoms with Crippen LogP contribution in [0.2, 0.25) is 0 Å². The zero-order valence-corrected chi connectivity index (χ0v) is 8.40. The smallest absolute Gasteiger partial charge is 0.134 e. The van der Waals surface area contributed by atoms with Crippen LogP contribution in [0.5, 0.6) is 0 Å². The normalized spacial score (nSPS) is 53.0. The molecule has 3 nitrogen and oxygen atoms in total. The van der Waals surface area contributed by atoms with Gasteiger partial charge in [-0.05, 0) is 32.1 Å². The van der Waals surface area contributed by atoms with Crippen LogP contribution in [0.15, 0.2) is 0 Å². The molecule has 2 saturated carbocycles. The Labute approximate surface area is 82.8 Å². The Balaban J connectivity index is 1.95. The van der Waals surface area contributed by atoms with E-state index in [1.165, 1.54) is 0 Å². The molecule has 0 aromatic rings. The maximum Gasteiger partial charge on any atom is 0.134 e. The molecule has 1 heterocycles. The SMILES string of the molecule is CC(=O)[C@@H]1[C@H]2C[C@H]([C@@H]3O[C@H]23)[C@@H]1C(C)=O. The number of carbonyl (C=O) groups is 2. The summed E-state index contributed by atoms with van der Waals surface area (Å²) in [5.74, 6) is 0.952. The van der Waals surface area contributed by atoms with Crippen molar-refractivity contribution in [2.45, 2.75) is 32.5 Å². The number of hydrogen-bond donors (Lipinski definition) is 0. The standard InChI is InChI=1S/C11H14O3/c1-4(12)8-6-3-7(9(8)5(2)13)11-10(6)14-11/h6-11H,3H2,1-2H3/t6-,7+,8-,9+,10-,11+. The van der Waals surface area contributed by atoms with E-state index in [0.717, 1.165) is 6.42 Å². The first-order valence-electron chi connectivity index (χ1n) is 5.27. The fraction of sp³-hybridized carbons (Fsp3) is 0.818. The molecule has 0 amide bonds. The molecular weight excluding hydrogens is 180 g/mol. The highest BCUT2D eigenvalue weighted by Crippen LogP contribution is 2.61. The van der Waals surface area contributed by atoms with E-state index >= 15 is 0 Å². The van der Waals surface area contributed by atoms with Gasteiger partial charge in [0.25, 0.3) is 0 Å². The molecule has 2 aliphatic carbocycles. The van der Waals surface area contributed by atoms with Gasteiger partial charge < -0.3 is 4.74 Å². The summed E-state index contributed by atoms with van der Waals surface area (Å²) in [7, 11) is 0. The summed E-state index contributed by atoms with van der Waals surface area (Å²) in [6, 6.07) is 0. The van der Waals surface area contributed by atoms with Crippen molar-refractivity contribution in [2.24, 2.45) is 23.7 Å². The van der Waals surface area contributed by atoms with E-state index < -0.39 is 0 Å². The molecule has 0 radical (unpaired) electrons. The van der Waals surface area contributed by atoms with E-state index in [1.807, 2.05) is 0 Å². The van der Waals surface area contributed by atoms with E-state index in [1.54, 1.807) is 13.8 Å².